The maximum atomic E-state index is 12.5. The van der Waals surface area contributed by atoms with E-state index in [2.05, 4.69) is 26.0 Å². The number of hydrogen-bond acceptors (Lipinski definition) is 3. The standard InChI is InChI=1S/C36H68O4/c1-3-5-7-9-11-13-14-15-16-17-19-21-23-29-33-36(39)40-34(31-27-24-25-28-32-35(37)38)30-26-22-20-18-12-10-8-6-4-2/h26,30,34H,3-25,27-29,31-33H2,1-2H3,(H,37,38)/b30-26-. The normalized spacial score (nSPS) is 12.2. The number of carbonyl (C=O) groups is 2. The predicted octanol–water partition coefficient (Wildman–Crippen LogP) is 11.9. The van der Waals surface area contributed by atoms with E-state index in [1.807, 2.05) is 0 Å². The molecule has 0 spiro atoms. The van der Waals surface area contributed by atoms with Crippen LogP contribution in [0.5, 0.6) is 0 Å². The number of rotatable bonds is 32. The number of hydrogen-bond donors (Lipinski definition) is 1. The number of carboxylic acids is 1. The molecule has 0 saturated carbocycles. The Kier molecular flexibility index (Phi) is 31.1. The van der Waals surface area contributed by atoms with E-state index in [1.54, 1.807) is 0 Å². The second kappa shape index (κ2) is 32.2. The van der Waals surface area contributed by atoms with Crippen LogP contribution in [0.4, 0.5) is 0 Å². The SMILES string of the molecule is CCCCCCCCC/C=C\C(CCCCCCC(=O)O)OC(=O)CCCCCCCCCCCCCCCC. The Balaban J connectivity index is 4.01. The van der Waals surface area contributed by atoms with Gasteiger partial charge in [-0.2, -0.15) is 0 Å². The third kappa shape index (κ3) is 31.2. The van der Waals surface area contributed by atoms with Gasteiger partial charge in [0.1, 0.15) is 6.10 Å². The van der Waals surface area contributed by atoms with Crippen molar-refractivity contribution in [2.75, 3.05) is 0 Å². The molecular weight excluding hydrogens is 496 g/mol. The van der Waals surface area contributed by atoms with Crippen molar-refractivity contribution in [2.24, 2.45) is 0 Å². The van der Waals surface area contributed by atoms with Gasteiger partial charge in [0.25, 0.3) is 0 Å². The molecule has 236 valence electrons. The van der Waals surface area contributed by atoms with Crippen molar-refractivity contribution in [3.63, 3.8) is 0 Å². The predicted molar refractivity (Wildman–Crippen MR) is 172 cm³/mol. The largest absolute Gasteiger partial charge is 0.481 e. The van der Waals surface area contributed by atoms with Crippen molar-refractivity contribution in [3.05, 3.63) is 12.2 Å². The average Bonchev–Trinajstić information content (AvgIpc) is 2.93. The molecule has 40 heavy (non-hydrogen) atoms. The lowest BCUT2D eigenvalue weighted by molar-refractivity contribution is -0.147. The fourth-order valence-corrected chi connectivity index (χ4v) is 5.33. The monoisotopic (exact) mass is 565 g/mol. The second-order valence-electron chi connectivity index (χ2n) is 12.1. The highest BCUT2D eigenvalue weighted by molar-refractivity contribution is 5.69. The summed E-state index contributed by atoms with van der Waals surface area (Å²) in [6, 6.07) is 0. The number of allylic oxidation sites excluding steroid dienone is 1. The van der Waals surface area contributed by atoms with Crippen LogP contribution in [0.1, 0.15) is 200 Å². The van der Waals surface area contributed by atoms with Gasteiger partial charge in [-0.1, -0.05) is 155 Å². The van der Waals surface area contributed by atoms with Crippen molar-refractivity contribution in [1.29, 1.82) is 0 Å². The Bertz CT molecular complexity index is 571. The fourth-order valence-electron chi connectivity index (χ4n) is 5.33. The first kappa shape index (κ1) is 38.7. The van der Waals surface area contributed by atoms with Crippen molar-refractivity contribution < 1.29 is 19.4 Å². The summed E-state index contributed by atoms with van der Waals surface area (Å²) in [5.41, 5.74) is 0. The second-order valence-corrected chi connectivity index (χ2v) is 12.1. The van der Waals surface area contributed by atoms with E-state index in [4.69, 9.17) is 9.84 Å². The Labute approximate surface area is 249 Å². The third-order valence-corrected chi connectivity index (χ3v) is 7.97. The molecule has 0 saturated heterocycles. The lowest BCUT2D eigenvalue weighted by atomic mass is 10.0. The van der Waals surface area contributed by atoms with E-state index in [-0.39, 0.29) is 18.5 Å². The van der Waals surface area contributed by atoms with Gasteiger partial charge in [0.05, 0.1) is 0 Å². The first-order valence-corrected chi connectivity index (χ1v) is 17.7. The Hall–Kier alpha value is -1.32. The minimum absolute atomic E-state index is 0.0598. The summed E-state index contributed by atoms with van der Waals surface area (Å²) in [6.45, 7) is 4.53. The van der Waals surface area contributed by atoms with Gasteiger partial charge in [-0.05, 0) is 44.6 Å². The molecule has 0 radical (unpaired) electrons. The summed E-state index contributed by atoms with van der Waals surface area (Å²) < 4.78 is 5.86. The molecule has 4 heteroatoms. The Morgan fingerprint density at radius 3 is 1.43 bits per heavy atom. The van der Waals surface area contributed by atoms with E-state index < -0.39 is 5.97 Å². The average molecular weight is 565 g/mol. The molecule has 1 N–H and O–H groups in total. The van der Waals surface area contributed by atoms with Gasteiger partial charge in [-0.3, -0.25) is 9.59 Å². The van der Waals surface area contributed by atoms with Crippen LogP contribution < -0.4 is 0 Å². The maximum absolute atomic E-state index is 12.5. The van der Waals surface area contributed by atoms with Crippen LogP contribution in [0.2, 0.25) is 0 Å². The number of aliphatic carboxylic acids is 1. The highest BCUT2D eigenvalue weighted by atomic mass is 16.5. The minimum Gasteiger partial charge on any atom is -0.481 e. The molecule has 0 aliphatic rings. The molecule has 0 fully saturated rings. The minimum atomic E-state index is -0.719. The topological polar surface area (TPSA) is 63.6 Å². The molecule has 0 aromatic rings. The van der Waals surface area contributed by atoms with E-state index in [0.717, 1.165) is 51.4 Å². The number of esters is 1. The first-order valence-electron chi connectivity index (χ1n) is 17.7. The number of ether oxygens (including phenoxy) is 1. The lowest BCUT2D eigenvalue weighted by Crippen LogP contribution is -2.16. The molecule has 0 heterocycles. The van der Waals surface area contributed by atoms with Gasteiger partial charge in [0, 0.05) is 12.8 Å². The smallest absolute Gasteiger partial charge is 0.306 e. The van der Waals surface area contributed by atoms with Crippen molar-refractivity contribution >= 4 is 11.9 Å². The molecule has 0 aliphatic carbocycles. The van der Waals surface area contributed by atoms with Gasteiger partial charge in [0.15, 0.2) is 0 Å². The zero-order chi connectivity index (χ0) is 29.4. The summed E-state index contributed by atoms with van der Waals surface area (Å²) in [5.74, 6) is -0.779. The van der Waals surface area contributed by atoms with E-state index in [0.29, 0.717) is 6.42 Å². The zero-order valence-electron chi connectivity index (χ0n) is 26.9. The van der Waals surface area contributed by atoms with Gasteiger partial charge in [-0.15, -0.1) is 0 Å². The lowest BCUT2D eigenvalue weighted by Gasteiger charge is -2.15. The molecule has 0 bridgehead atoms. The molecule has 1 atom stereocenters. The summed E-state index contributed by atoms with van der Waals surface area (Å²) in [7, 11) is 0. The molecule has 0 aromatic heterocycles. The summed E-state index contributed by atoms with van der Waals surface area (Å²) in [6.07, 6.45) is 38.0. The van der Waals surface area contributed by atoms with Crippen molar-refractivity contribution in [2.45, 2.75) is 206 Å². The first-order chi connectivity index (χ1) is 19.6. The molecule has 1 unspecified atom stereocenters. The molecule has 0 rings (SSSR count). The highest BCUT2D eigenvalue weighted by Gasteiger charge is 2.11. The summed E-state index contributed by atoms with van der Waals surface area (Å²) in [4.78, 5) is 23.2. The van der Waals surface area contributed by atoms with Crippen molar-refractivity contribution in [1.82, 2.24) is 0 Å². The molecule has 0 amide bonds. The highest BCUT2D eigenvalue weighted by Crippen LogP contribution is 2.16. The van der Waals surface area contributed by atoms with Gasteiger partial charge in [-0.25, -0.2) is 0 Å². The summed E-state index contributed by atoms with van der Waals surface area (Å²) in [5, 5.41) is 8.80. The molecule has 4 nitrogen and oxygen atoms in total. The van der Waals surface area contributed by atoms with Crippen LogP contribution >= 0.6 is 0 Å². The van der Waals surface area contributed by atoms with Crippen molar-refractivity contribution in [3.8, 4) is 0 Å². The van der Waals surface area contributed by atoms with E-state index in [1.165, 1.54) is 122 Å². The molecular formula is C36H68O4. The van der Waals surface area contributed by atoms with Gasteiger partial charge < -0.3 is 9.84 Å². The van der Waals surface area contributed by atoms with Crippen LogP contribution in [0, 0.1) is 0 Å². The Morgan fingerprint density at radius 2 is 0.950 bits per heavy atom. The molecule has 0 aliphatic heterocycles. The van der Waals surface area contributed by atoms with Gasteiger partial charge >= 0.3 is 11.9 Å². The number of carboxylic acid groups (broad SMARTS) is 1. The maximum Gasteiger partial charge on any atom is 0.306 e. The third-order valence-electron chi connectivity index (χ3n) is 7.97. The zero-order valence-corrected chi connectivity index (χ0v) is 26.9. The Morgan fingerprint density at radius 1 is 0.550 bits per heavy atom. The summed E-state index contributed by atoms with van der Waals surface area (Å²) >= 11 is 0. The van der Waals surface area contributed by atoms with Gasteiger partial charge in [0.2, 0.25) is 0 Å². The van der Waals surface area contributed by atoms with Crippen LogP contribution in [-0.2, 0) is 14.3 Å². The van der Waals surface area contributed by atoms with Crippen LogP contribution in [0.3, 0.4) is 0 Å². The molecule has 0 aromatic carbocycles. The van der Waals surface area contributed by atoms with Crippen LogP contribution in [0.15, 0.2) is 12.2 Å². The van der Waals surface area contributed by atoms with Crippen LogP contribution in [0.25, 0.3) is 0 Å². The number of carbonyl (C=O) groups excluding carboxylic acids is 1. The van der Waals surface area contributed by atoms with Crippen LogP contribution in [-0.4, -0.2) is 23.1 Å². The fraction of sp³-hybridized carbons (Fsp3) is 0.889. The quantitative estimate of drug-likeness (QED) is 0.0501. The number of unbranched alkanes of at least 4 members (excludes halogenated alkanes) is 23. The van der Waals surface area contributed by atoms with E-state index >= 15 is 0 Å². The van der Waals surface area contributed by atoms with E-state index in [9.17, 15) is 9.59 Å².